The zero-order valence-electron chi connectivity index (χ0n) is 21.6. The predicted octanol–water partition coefficient (Wildman–Crippen LogP) is -4.23. The molecule has 0 N–H and O–H groups in total. The maximum atomic E-state index is 2.69. The minimum Gasteiger partial charge on any atom is -1.00 e. The van der Waals surface area contributed by atoms with E-state index in [2.05, 4.69) is 90.7 Å². The Labute approximate surface area is 236 Å². The topological polar surface area (TPSA) is 0 Å². The zero-order chi connectivity index (χ0) is 21.0. The molecule has 31 heavy (non-hydrogen) atoms. The molecular weight excluding hydrogens is 756 g/mol. The Hall–Kier alpha value is 2.04. The fraction of sp³-hybridized carbons (Fsp3) is 0.636. The molecule has 0 bridgehead atoms. The second-order valence-electron chi connectivity index (χ2n) is 12.5. The molecule has 0 nitrogen and oxygen atoms in total. The van der Waals surface area contributed by atoms with Crippen molar-refractivity contribution in [1.82, 2.24) is 0 Å². The van der Waals surface area contributed by atoms with Gasteiger partial charge in [-0.3, -0.25) is 0 Å². The summed E-state index contributed by atoms with van der Waals surface area (Å²) in [6.45, 7) is 31.0. The van der Waals surface area contributed by atoms with Crippen LogP contribution in [0.1, 0.15) is 12.8 Å². The molecule has 0 aromatic rings. The molecule has 0 radical (unpaired) electrons. The minimum atomic E-state index is -1.26. The van der Waals surface area contributed by atoms with Gasteiger partial charge in [0.15, 0.2) is 0 Å². The molecule has 0 saturated heterocycles. The molecule has 0 heterocycles. The molecule has 0 amide bonds. The van der Waals surface area contributed by atoms with Gasteiger partial charge in [0.25, 0.3) is 0 Å². The average molecular weight is 799 g/mol. The Kier molecular flexibility index (Phi) is 15.6. The van der Waals surface area contributed by atoms with E-state index in [9.17, 15) is 0 Å². The molecule has 0 aromatic heterocycles. The third-order valence-electron chi connectivity index (χ3n) is 5.84. The summed E-state index contributed by atoms with van der Waals surface area (Å²) in [5.41, 5.74) is 0. The van der Waals surface area contributed by atoms with Gasteiger partial charge in [0, 0.05) is 0 Å². The van der Waals surface area contributed by atoms with Gasteiger partial charge >= 0.3 is 190 Å². The van der Waals surface area contributed by atoms with Gasteiger partial charge in [0.05, 0.1) is 0 Å². The van der Waals surface area contributed by atoms with Crippen LogP contribution in [-0.2, 0) is 0 Å². The SMILES string of the molecule is C[Si](C)(C)C1=CCC([Si](C)(C)C)=[C]1[U+4][C]1=C([Si](C)(C)C)CC=C1[Si](C)(C)C.[Cl-].[Cl-].[Cl-].[Cl-]. The quantitative estimate of drug-likeness (QED) is 0.240. The summed E-state index contributed by atoms with van der Waals surface area (Å²) in [4.78, 5) is 0. The summed E-state index contributed by atoms with van der Waals surface area (Å²) in [7, 11) is -4.98. The average Bonchev–Trinajstić information content (AvgIpc) is 2.99. The van der Waals surface area contributed by atoms with E-state index in [-0.39, 0.29) is 49.6 Å². The van der Waals surface area contributed by atoms with E-state index >= 15 is 0 Å². The van der Waals surface area contributed by atoms with E-state index < -0.39 is 60.0 Å². The summed E-state index contributed by atoms with van der Waals surface area (Å²) >= 11 is -1.21. The van der Waals surface area contributed by atoms with Crippen molar-refractivity contribution in [2.75, 3.05) is 0 Å². The molecule has 9 heteroatoms. The van der Waals surface area contributed by atoms with Gasteiger partial charge in [-0.15, -0.1) is 0 Å². The smallest absolute Gasteiger partial charge is 1.00 e. The normalized spacial score (nSPS) is 17.0. The Morgan fingerprint density at radius 1 is 0.484 bits per heavy atom. The number of hydrogen-bond donors (Lipinski definition) is 0. The van der Waals surface area contributed by atoms with Crippen LogP contribution in [-0.4, -0.2) is 32.3 Å². The third-order valence-corrected chi connectivity index (χ3v) is 25.5. The fourth-order valence-electron chi connectivity index (χ4n) is 4.28. The van der Waals surface area contributed by atoms with Crippen LogP contribution >= 0.6 is 0 Å². The predicted molar refractivity (Wildman–Crippen MR) is 133 cm³/mol. The number of rotatable bonds is 6. The van der Waals surface area contributed by atoms with Gasteiger partial charge in [-0.25, -0.2) is 0 Å². The Morgan fingerprint density at radius 2 is 0.742 bits per heavy atom. The van der Waals surface area contributed by atoms with Crippen LogP contribution in [0, 0.1) is 27.7 Å². The molecule has 0 aromatic carbocycles. The van der Waals surface area contributed by atoms with Crippen LogP contribution in [0.5, 0.6) is 0 Å². The number of allylic oxidation sites excluding steroid dienone is 8. The molecular formula is C22H42Cl4Si4U. The first-order chi connectivity index (χ1) is 11.9. The molecule has 2 rings (SSSR count). The van der Waals surface area contributed by atoms with Crippen molar-refractivity contribution in [1.29, 1.82) is 0 Å². The Balaban J connectivity index is -0.00000196. The first kappa shape index (κ1) is 37.6. The second-order valence-corrected chi connectivity index (χ2v) is 38.0. The maximum absolute atomic E-state index is 2.69. The third kappa shape index (κ3) is 9.21. The monoisotopic (exact) mass is 796 g/mol. The van der Waals surface area contributed by atoms with Crippen molar-refractivity contribution in [3.8, 4) is 0 Å². The number of hydrogen-bond acceptors (Lipinski definition) is 0. The molecule has 0 aliphatic heterocycles. The van der Waals surface area contributed by atoms with E-state index in [4.69, 9.17) is 0 Å². The Bertz CT molecular complexity index is 692. The minimum absolute atomic E-state index is 0. The van der Waals surface area contributed by atoms with Gasteiger partial charge in [0.1, 0.15) is 0 Å². The van der Waals surface area contributed by atoms with Crippen molar-refractivity contribution in [3.05, 3.63) is 38.2 Å². The van der Waals surface area contributed by atoms with Gasteiger partial charge in [-0.2, -0.15) is 0 Å². The summed E-state index contributed by atoms with van der Waals surface area (Å²) in [5, 5.41) is 7.64. The van der Waals surface area contributed by atoms with Crippen molar-refractivity contribution < 1.29 is 77.4 Å². The largest absolute Gasteiger partial charge is 1.00 e. The summed E-state index contributed by atoms with van der Waals surface area (Å²) in [6, 6.07) is 0. The second kappa shape index (κ2) is 12.8. The molecule has 2 aliphatic carbocycles. The summed E-state index contributed by atoms with van der Waals surface area (Å²) < 4.78 is 4.01. The van der Waals surface area contributed by atoms with Gasteiger partial charge < -0.3 is 49.6 Å². The zero-order valence-corrected chi connectivity index (χ0v) is 32.8. The van der Waals surface area contributed by atoms with Crippen LogP contribution in [0.4, 0.5) is 0 Å². The van der Waals surface area contributed by atoms with E-state index in [1.54, 1.807) is 0 Å². The van der Waals surface area contributed by atoms with E-state index in [0.717, 1.165) is 0 Å². The van der Waals surface area contributed by atoms with Crippen LogP contribution in [0.3, 0.4) is 0 Å². The maximum Gasteiger partial charge on any atom is -1.00 e. The Morgan fingerprint density at radius 3 is 0.935 bits per heavy atom. The van der Waals surface area contributed by atoms with E-state index in [1.807, 2.05) is 26.0 Å². The van der Waals surface area contributed by atoms with Crippen molar-refractivity contribution in [2.45, 2.75) is 91.4 Å². The summed E-state index contributed by atoms with van der Waals surface area (Å²) in [6.07, 6.45) is 7.97. The molecule has 0 fully saturated rings. The first-order valence-corrected chi connectivity index (χ1v) is 28.8. The molecule has 178 valence electrons. The van der Waals surface area contributed by atoms with Crippen molar-refractivity contribution in [2.24, 2.45) is 0 Å². The van der Waals surface area contributed by atoms with Crippen LogP contribution in [0.15, 0.2) is 38.2 Å². The van der Waals surface area contributed by atoms with Crippen LogP contribution in [0.2, 0.25) is 78.6 Å². The van der Waals surface area contributed by atoms with E-state index in [1.165, 1.54) is 12.8 Å². The summed E-state index contributed by atoms with van der Waals surface area (Å²) in [5.74, 6) is 0. The van der Waals surface area contributed by atoms with Crippen molar-refractivity contribution in [3.63, 3.8) is 0 Å². The van der Waals surface area contributed by atoms with Gasteiger partial charge in [0.2, 0.25) is 0 Å². The van der Waals surface area contributed by atoms with E-state index in [0.29, 0.717) is 0 Å². The molecule has 0 unspecified atom stereocenters. The molecule has 0 spiro atoms. The fourth-order valence-corrected chi connectivity index (χ4v) is 37.1. The molecule has 0 saturated carbocycles. The van der Waals surface area contributed by atoms with Gasteiger partial charge in [-0.1, -0.05) is 0 Å². The van der Waals surface area contributed by atoms with Crippen molar-refractivity contribution >= 4 is 32.3 Å². The molecule has 0 atom stereocenters. The molecule has 2 aliphatic rings. The first-order valence-electron chi connectivity index (χ1n) is 10.6. The van der Waals surface area contributed by atoms with Crippen LogP contribution in [0.25, 0.3) is 0 Å². The van der Waals surface area contributed by atoms with Gasteiger partial charge in [-0.05, 0) is 0 Å². The standard InChI is InChI=1S/2C11H21Si2.4ClH.U/c2*1-12(2,3)10-7-8-11(9-10)13(4,5)6;;;;;/h2*7H,8H2,1-6H3;4*1H;/q;;;;;;+4/p-4. The van der Waals surface area contributed by atoms with Crippen LogP contribution < -0.4 is 49.6 Å². The number of halogens is 4.